The van der Waals surface area contributed by atoms with E-state index in [9.17, 15) is 14.5 Å². The minimum Gasteiger partial charge on any atom is -0.365 e. The Balaban J connectivity index is 2.28. The van der Waals surface area contributed by atoms with Crippen LogP contribution in [0.3, 0.4) is 0 Å². The van der Waals surface area contributed by atoms with Gasteiger partial charge in [0.2, 0.25) is 0 Å². The van der Waals surface area contributed by atoms with Crippen LogP contribution in [0, 0.1) is 21.8 Å². The molecule has 19 heavy (non-hydrogen) atoms. The molecule has 1 fully saturated rings. The van der Waals surface area contributed by atoms with E-state index in [0.29, 0.717) is 18.2 Å². The van der Waals surface area contributed by atoms with Crippen molar-refractivity contribution in [1.82, 2.24) is 0 Å². The SMILES string of the molecule is CC1CCN(c2ccc([N+](=O)[O-])cc2F)C(CN)C1. The lowest BCUT2D eigenvalue weighted by molar-refractivity contribution is -0.385. The number of hydrogen-bond acceptors (Lipinski definition) is 4. The van der Waals surface area contributed by atoms with Crippen molar-refractivity contribution in [3.63, 3.8) is 0 Å². The summed E-state index contributed by atoms with van der Waals surface area (Å²) < 4.78 is 14.0. The molecule has 2 N–H and O–H groups in total. The van der Waals surface area contributed by atoms with Gasteiger partial charge < -0.3 is 10.6 Å². The predicted octanol–water partition coefficient (Wildman–Crippen LogP) is 2.30. The van der Waals surface area contributed by atoms with Crippen molar-refractivity contribution in [3.8, 4) is 0 Å². The molecule has 1 aromatic rings. The van der Waals surface area contributed by atoms with Gasteiger partial charge in [-0.25, -0.2) is 4.39 Å². The molecular formula is C13H18FN3O2. The first-order valence-corrected chi connectivity index (χ1v) is 6.43. The second kappa shape index (κ2) is 5.52. The molecule has 0 amide bonds. The average Bonchev–Trinajstić information content (AvgIpc) is 2.38. The average molecular weight is 267 g/mol. The van der Waals surface area contributed by atoms with Crippen molar-refractivity contribution in [2.45, 2.75) is 25.8 Å². The quantitative estimate of drug-likeness (QED) is 0.673. The van der Waals surface area contributed by atoms with Gasteiger partial charge >= 0.3 is 0 Å². The maximum atomic E-state index is 14.0. The van der Waals surface area contributed by atoms with E-state index in [1.54, 1.807) is 0 Å². The number of anilines is 1. The molecule has 1 saturated heterocycles. The zero-order chi connectivity index (χ0) is 14.0. The van der Waals surface area contributed by atoms with Crippen LogP contribution >= 0.6 is 0 Å². The van der Waals surface area contributed by atoms with Crippen LogP contribution in [0.1, 0.15) is 19.8 Å². The van der Waals surface area contributed by atoms with Crippen LogP contribution in [0.2, 0.25) is 0 Å². The van der Waals surface area contributed by atoms with Crippen LogP contribution in [0.4, 0.5) is 15.8 Å². The fourth-order valence-electron chi connectivity index (χ4n) is 2.63. The lowest BCUT2D eigenvalue weighted by atomic mass is 9.92. The molecule has 0 saturated carbocycles. The second-order valence-electron chi connectivity index (χ2n) is 5.11. The maximum absolute atomic E-state index is 14.0. The summed E-state index contributed by atoms with van der Waals surface area (Å²) in [6.07, 6.45) is 1.90. The van der Waals surface area contributed by atoms with E-state index < -0.39 is 10.7 Å². The normalized spacial score (nSPS) is 23.4. The molecule has 1 aliphatic heterocycles. The highest BCUT2D eigenvalue weighted by Gasteiger charge is 2.27. The van der Waals surface area contributed by atoms with Gasteiger partial charge in [0.15, 0.2) is 5.82 Å². The number of nitrogens with two attached hydrogens (primary N) is 1. The molecule has 6 heteroatoms. The molecule has 5 nitrogen and oxygen atoms in total. The molecule has 2 atom stereocenters. The highest BCUT2D eigenvalue weighted by molar-refractivity contribution is 5.53. The van der Waals surface area contributed by atoms with Crippen LogP contribution in [-0.2, 0) is 0 Å². The van der Waals surface area contributed by atoms with Crippen LogP contribution in [0.25, 0.3) is 0 Å². The standard InChI is InChI=1S/C13H18FN3O2/c1-9-4-5-16(11(6-9)8-15)13-3-2-10(17(18)19)7-12(13)14/h2-3,7,9,11H,4-6,8,15H2,1H3. The molecular weight excluding hydrogens is 249 g/mol. The number of rotatable bonds is 3. The first-order valence-electron chi connectivity index (χ1n) is 6.43. The number of piperidine rings is 1. The summed E-state index contributed by atoms with van der Waals surface area (Å²) in [7, 11) is 0. The number of nitro groups is 1. The third-order valence-corrected chi connectivity index (χ3v) is 3.70. The largest absolute Gasteiger partial charge is 0.365 e. The van der Waals surface area contributed by atoms with Gasteiger partial charge in [0.1, 0.15) is 0 Å². The van der Waals surface area contributed by atoms with Gasteiger partial charge in [0.25, 0.3) is 5.69 Å². The van der Waals surface area contributed by atoms with Crippen LogP contribution in [0.15, 0.2) is 18.2 Å². The van der Waals surface area contributed by atoms with Crippen LogP contribution in [0.5, 0.6) is 0 Å². The van der Waals surface area contributed by atoms with Crippen molar-refractivity contribution in [3.05, 3.63) is 34.1 Å². The number of halogens is 1. The highest BCUT2D eigenvalue weighted by atomic mass is 19.1. The summed E-state index contributed by atoms with van der Waals surface area (Å²) >= 11 is 0. The number of nitrogens with zero attached hydrogens (tertiary/aromatic N) is 2. The summed E-state index contributed by atoms with van der Waals surface area (Å²) in [4.78, 5) is 11.9. The van der Waals surface area contributed by atoms with E-state index in [1.807, 2.05) is 4.90 Å². The van der Waals surface area contributed by atoms with Gasteiger partial charge in [0, 0.05) is 25.2 Å². The van der Waals surface area contributed by atoms with Crippen molar-refractivity contribution >= 4 is 11.4 Å². The summed E-state index contributed by atoms with van der Waals surface area (Å²) in [6, 6.07) is 3.89. The van der Waals surface area contributed by atoms with Gasteiger partial charge in [0.05, 0.1) is 16.7 Å². The first-order chi connectivity index (χ1) is 9.02. The lowest BCUT2D eigenvalue weighted by Crippen LogP contribution is -2.46. The van der Waals surface area contributed by atoms with E-state index in [4.69, 9.17) is 5.73 Å². The molecule has 1 aliphatic rings. The van der Waals surface area contributed by atoms with Crippen LogP contribution in [-0.4, -0.2) is 24.1 Å². The number of nitro benzene ring substituents is 1. The maximum Gasteiger partial charge on any atom is 0.272 e. The zero-order valence-corrected chi connectivity index (χ0v) is 10.9. The predicted molar refractivity (Wildman–Crippen MR) is 71.6 cm³/mol. The Morgan fingerprint density at radius 1 is 1.58 bits per heavy atom. The highest BCUT2D eigenvalue weighted by Crippen LogP contribution is 2.31. The molecule has 104 valence electrons. The van der Waals surface area contributed by atoms with E-state index in [-0.39, 0.29) is 11.7 Å². The summed E-state index contributed by atoms with van der Waals surface area (Å²) in [5, 5.41) is 10.6. The van der Waals surface area contributed by atoms with Gasteiger partial charge in [-0.05, 0) is 24.8 Å². The van der Waals surface area contributed by atoms with Crippen LogP contribution < -0.4 is 10.6 Å². The molecule has 1 heterocycles. The molecule has 1 aromatic carbocycles. The fourth-order valence-corrected chi connectivity index (χ4v) is 2.63. The van der Waals surface area contributed by atoms with Gasteiger partial charge in [-0.2, -0.15) is 0 Å². The van der Waals surface area contributed by atoms with Gasteiger partial charge in [-0.15, -0.1) is 0 Å². The van der Waals surface area contributed by atoms with E-state index >= 15 is 0 Å². The van der Waals surface area contributed by atoms with E-state index in [0.717, 1.165) is 25.5 Å². The Labute approximate surface area is 111 Å². The third kappa shape index (κ3) is 2.84. The Bertz CT molecular complexity index is 481. The minimum absolute atomic E-state index is 0.0970. The Hall–Kier alpha value is -1.69. The van der Waals surface area contributed by atoms with Crippen molar-refractivity contribution in [1.29, 1.82) is 0 Å². The Morgan fingerprint density at radius 3 is 2.89 bits per heavy atom. The van der Waals surface area contributed by atoms with Gasteiger partial charge in [-0.3, -0.25) is 10.1 Å². The summed E-state index contributed by atoms with van der Waals surface area (Å²) in [6.45, 7) is 3.35. The van der Waals surface area contributed by atoms with E-state index in [1.165, 1.54) is 12.1 Å². The number of non-ortho nitro benzene ring substituents is 1. The Kier molecular flexibility index (Phi) is 3.99. The molecule has 0 radical (unpaired) electrons. The lowest BCUT2D eigenvalue weighted by Gasteiger charge is -2.39. The molecule has 0 aliphatic carbocycles. The van der Waals surface area contributed by atoms with Crippen molar-refractivity contribution in [2.75, 3.05) is 18.0 Å². The fraction of sp³-hybridized carbons (Fsp3) is 0.538. The third-order valence-electron chi connectivity index (χ3n) is 3.70. The van der Waals surface area contributed by atoms with E-state index in [2.05, 4.69) is 6.92 Å². The van der Waals surface area contributed by atoms with Crippen molar-refractivity contribution < 1.29 is 9.31 Å². The first kappa shape index (κ1) is 13.7. The second-order valence-corrected chi connectivity index (χ2v) is 5.11. The topological polar surface area (TPSA) is 72.4 Å². The zero-order valence-electron chi connectivity index (χ0n) is 10.9. The molecule has 2 rings (SSSR count). The molecule has 0 spiro atoms. The van der Waals surface area contributed by atoms with Gasteiger partial charge in [-0.1, -0.05) is 6.92 Å². The molecule has 0 aromatic heterocycles. The monoisotopic (exact) mass is 267 g/mol. The molecule has 0 bridgehead atoms. The number of benzene rings is 1. The summed E-state index contributed by atoms with van der Waals surface area (Å²) in [5.41, 5.74) is 5.93. The number of hydrogen-bond donors (Lipinski definition) is 1. The van der Waals surface area contributed by atoms with Crippen molar-refractivity contribution in [2.24, 2.45) is 11.7 Å². The summed E-state index contributed by atoms with van der Waals surface area (Å²) in [5.74, 6) is 0.0214. The Morgan fingerprint density at radius 2 is 2.32 bits per heavy atom. The smallest absolute Gasteiger partial charge is 0.272 e. The minimum atomic E-state index is -0.592. The molecule has 2 unspecified atom stereocenters.